The summed E-state index contributed by atoms with van der Waals surface area (Å²) in [4.78, 5) is 5.61. The Labute approximate surface area is 104 Å². The normalized spacial score (nSPS) is 10.7. The van der Waals surface area contributed by atoms with E-state index < -0.39 is 0 Å². The van der Waals surface area contributed by atoms with E-state index in [0.717, 1.165) is 21.1 Å². The second-order valence-corrected chi connectivity index (χ2v) is 4.97. The quantitative estimate of drug-likeness (QED) is 0.911. The molecule has 0 aliphatic heterocycles. The summed E-state index contributed by atoms with van der Waals surface area (Å²) in [6.07, 6.45) is 0.661. The molecule has 0 atom stereocenters. The molecule has 84 valence electrons. The molecule has 0 radical (unpaired) electrons. The Morgan fingerprint density at radius 1 is 1.38 bits per heavy atom. The first-order chi connectivity index (χ1) is 7.72. The maximum Gasteiger partial charge on any atom is 0.125 e. The Morgan fingerprint density at radius 3 is 2.81 bits per heavy atom. The van der Waals surface area contributed by atoms with Crippen molar-refractivity contribution in [2.45, 2.75) is 13.3 Å². The fourth-order valence-corrected chi connectivity index (χ4v) is 2.88. The van der Waals surface area contributed by atoms with Crippen LogP contribution in [0.3, 0.4) is 0 Å². The van der Waals surface area contributed by atoms with Gasteiger partial charge in [0.05, 0.1) is 10.7 Å². The summed E-state index contributed by atoms with van der Waals surface area (Å²) >= 11 is 7.71. The summed E-state index contributed by atoms with van der Waals surface area (Å²) in [5.41, 5.74) is 1.94. The number of aliphatic hydroxyl groups excluding tert-OH is 1. The molecule has 0 aliphatic carbocycles. The predicted octanol–water partition coefficient (Wildman–Crippen LogP) is 3.31. The molecule has 0 unspecified atom stereocenters. The largest absolute Gasteiger partial charge is 0.396 e. The smallest absolute Gasteiger partial charge is 0.125 e. The van der Waals surface area contributed by atoms with Crippen LogP contribution in [0.25, 0.3) is 10.6 Å². The van der Waals surface area contributed by atoms with Crippen LogP contribution in [0.1, 0.15) is 10.6 Å². The van der Waals surface area contributed by atoms with Gasteiger partial charge in [-0.15, -0.1) is 11.3 Å². The molecule has 2 nitrogen and oxygen atoms in total. The summed E-state index contributed by atoms with van der Waals surface area (Å²) in [6, 6.07) is 7.67. The molecule has 1 heterocycles. The van der Waals surface area contributed by atoms with Gasteiger partial charge in [-0.05, 0) is 13.0 Å². The minimum Gasteiger partial charge on any atom is -0.396 e. The summed E-state index contributed by atoms with van der Waals surface area (Å²) in [6.45, 7) is 2.12. The highest BCUT2D eigenvalue weighted by molar-refractivity contribution is 7.15. The molecule has 0 bridgehead atoms. The van der Waals surface area contributed by atoms with E-state index in [2.05, 4.69) is 4.98 Å². The van der Waals surface area contributed by atoms with Gasteiger partial charge in [-0.2, -0.15) is 0 Å². The van der Waals surface area contributed by atoms with Crippen molar-refractivity contribution in [1.82, 2.24) is 4.98 Å². The summed E-state index contributed by atoms with van der Waals surface area (Å²) in [5, 5.41) is 10.6. The van der Waals surface area contributed by atoms with Crippen LogP contribution in [0.2, 0.25) is 5.02 Å². The topological polar surface area (TPSA) is 33.1 Å². The lowest BCUT2D eigenvalue weighted by Gasteiger charge is -1.97. The maximum atomic E-state index is 8.93. The van der Waals surface area contributed by atoms with Crippen molar-refractivity contribution in [3.63, 3.8) is 0 Å². The Morgan fingerprint density at radius 2 is 2.12 bits per heavy atom. The van der Waals surface area contributed by atoms with Crippen molar-refractivity contribution in [1.29, 1.82) is 0 Å². The summed E-state index contributed by atoms with van der Waals surface area (Å²) < 4.78 is 0. The molecule has 0 spiro atoms. The van der Waals surface area contributed by atoms with E-state index in [1.165, 1.54) is 0 Å². The van der Waals surface area contributed by atoms with E-state index in [4.69, 9.17) is 16.7 Å². The van der Waals surface area contributed by atoms with Crippen LogP contribution in [0.4, 0.5) is 0 Å². The Kier molecular flexibility index (Phi) is 3.59. The second-order valence-electron chi connectivity index (χ2n) is 3.48. The van der Waals surface area contributed by atoms with Crippen molar-refractivity contribution in [3.05, 3.63) is 39.9 Å². The molecule has 0 amide bonds. The van der Waals surface area contributed by atoms with E-state index in [1.54, 1.807) is 11.3 Å². The van der Waals surface area contributed by atoms with Crippen molar-refractivity contribution < 1.29 is 5.11 Å². The van der Waals surface area contributed by atoms with E-state index in [-0.39, 0.29) is 6.61 Å². The van der Waals surface area contributed by atoms with Gasteiger partial charge in [0.25, 0.3) is 0 Å². The molecule has 0 saturated carbocycles. The lowest BCUT2D eigenvalue weighted by Crippen LogP contribution is -1.88. The van der Waals surface area contributed by atoms with Crippen LogP contribution in [-0.2, 0) is 6.42 Å². The Bertz CT molecular complexity index is 496. The molecule has 16 heavy (non-hydrogen) atoms. The van der Waals surface area contributed by atoms with Crippen LogP contribution < -0.4 is 0 Å². The van der Waals surface area contributed by atoms with Crippen LogP contribution in [0, 0.1) is 6.92 Å². The average molecular weight is 254 g/mol. The Balaban J connectivity index is 2.42. The van der Waals surface area contributed by atoms with Gasteiger partial charge in [0.15, 0.2) is 0 Å². The monoisotopic (exact) mass is 253 g/mol. The molecule has 0 saturated heterocycles. The lowest BCUT2D eigenvalue weighted by atomic mass is 10.2. The molecular weight excluding hydrogens is 242 g/mol. The summed E-state index contributed by atoms with van der Waals surface area (Å²) in [5.74, 6) is 0. The average Bonchev–Trinajstić information content (AvgIpc) is 2.61. The number of rotatable bonds is 3. The zero-order valence-electron chi connectivity index (χ0n) is 8.90. The highest BCUT2D eigenvalue weighted by Crippen LogP contribution is 2.32. The van der Waals surface area contributed by atoms with Gasteiger partial charge in [0, 0.05) is 23.5 Å². The highest BCUT2D eigenvalue weighted by Gasteiger charge is 2.10. The number of benzene rings is 1. The minimum absolute atomic E-state index is 0.158. The van der Waals surface area contributed by atoms with Crippen LogP contribution >= 0.6 is 22.9 Å². The van der Waals surface area contributed by atoms with Crippen molar-refractivity contribution >= 4 is 22.9 Å². The van der Waals surface area contributed by atoms with E-state index >= 15 is 0 Å². The number of aryl methyl sites for hydroxylation is 1. The fraction of sp³-hybridized carbons (Fsp3) is 0.250. The van der Waals surface area contributed by atoms with Crippen molar-refractivity contribution in [2.24, 2.45) is 0 Å². The van der Waals surface area contributed by atoms with Crippen molar-refractivity contribution in [2.75, 3.05) is 6.61 Å². The number of hydrogen-bond donors (Lipinski definition) is 1. The van der Waals surface area contributed by atoms with Gasteiger partial charge < -0.3 is 5.11 Å². The van der Waals surface area contributed by atoms with Crippen LogP contribution in [-0.4, -0.2) is 16.7 Å². The third-order valence-electron chi connectivity index (χ3n) is 2.34. The molecular formula is C12H12ClNOS. The van der Waals surface area contributed by atoms with E-state index in [0.29, 0.717) is 11.4 Å². The molecule has 1 aromatic carbocycles. The molecule has 1 N–H and O–H groups in total. The first kappa shape index (κ1) is 11.6. The standard InChI is InChI=1S/C12H12ClNOS/c1-8-11(6-7-15)16-12(14-8)9-4-2-3-5-10(9)13/h2-5,15H,6-7H2,1H3. The number of hydrogen-bond acceptors (Lipinski definition) is 3. The van der Waals surface area contributed by atoms with Gasteiger partial charge in [-0.3, -0.25) is 0 Å². The van der Waals surface area contributed by atoms with Gasteiger partial charge in [-0.1, -0.05) is 29.8 Å². The number of thiazole rings is 1. The molecule has 2 aromatic rings. The molecule has 1 aromatic heterocycles. The van der Waals surface area contributed by atoms with E-state index in [1.807, 2.05) is 31.2 Å². The molecule has 0 fully saturated rings. The number of aliphatic hydroxyl groups is 1. The third-order valence-corrected chi connectivity index (χ3v) is 3.92. The maximum absolute atomic E-state index is 8.93. The van der Waals surface area contributed by atoms with Gasteiger partial charge >= 0.3 is 0 Å². The third kappa shape index (κ3) is 2.26. The van der Waals surface area contributed by atoms with Gasteiger partial charge in [0.1, 0.15) is 5.01 Å². The molecule has 0 aliphatic rings. The second kappa shape index (κ2) is 4.95. The lowest BCUT2D eigenvalue weighted by molar-refractivity contribution is 0.300. The molecule has 2 rings (SSSR count). The SMILES string of the molecule is Cc1nc(-c2ccccc2Cl)sc1CCO. The first-order valence-electron chi connectivity index (χ1n) is 5.04. The Hall–Kier alpha value is -0.900. The minimum atomic E-state index is 0.158. The predicted molar refractivity (Wildman–Crippen MR) is 68.1 cm³/mol. The number of aromatic nitrogens is 1. The zero-order valence-corrected chi connectivity index (χ0v) is 10.5. The van der Waals surface area contributed by atoms with E-state index in [9.17, 15) is 0 Å². The van der Waals surface area contributed by atoms with Gasteiger partial charge in [-0.25, -0.2) is 4.98 Å². The summed E-state index contributed by atoms with van der Waals surface area (Å²) in [7, 11) is 0. The fourth-order valence-electron chi connectivity index (χ4n) is 1.51. The number of halogens is 1. The first-order valence-corrected chi connectivity index (χ1v) is 6.24. The zero-order chi connectivity index (χ0) is 11.5. The van der Waals surface area contributed by atoms with Gasteiger partial charge in [0.2, 0.25) is 0 Å². The molecule has 4 heteroatoms. The highest BCUT2D eigenvalue weighted by atomic mass is 35.5. The van der Waals surface area contributed by atoms with Crippen LogP contribution in [0.5, 0.6) is 0 Å². The van der Waals surface area contributed by atoms with Crippen molar-refractivity contribution in [3.8, 4) is 10.6 Å². The van der Waals surface area contributed by atoms with Crippen LogP contribution in [0.15, 0.2) is 24.3 Å². The number of nitrogens with zero attached hydrogens (tertiary/aromatic N) is 1.